The highest BCUT2D eigenvalue weighted by molar-refractivity contribution is 5.71. The molecule has 0 aliphatic carbocycles. The van der Waals surface area contributed by atoms with E-state index in [-0.39, 0.29) is 37.5 Å². The van der Waals surface area contributed by atoms with Gasteiger partial charge in [-0.15, -0.1) is 0 Å². The number of allylic oxidation sites excluding steroid dienone is 10. The van der Waals surface area contributed by atoms with E-state index in [2.05, 4.69) is 26.8 Å². The van der Waals surface area contributed by atoms with Gasteiger partial charge in [0.2, 0.25) is 0 Å². The van der Waals surface area contributed by atoms with Crippen LogP contribution in [0.1, 0.15) is 252 Å². The average molecular weight is 853 g/mol. The molecule has 61 heavy (non-hydrogen) atoms. The summed E-state index contributed by atoms with van der Waals surface area (Å²) >= 11 is 0. The second-order valence-electron chi connectivity index (χ2n) is 17.2. The Morgan fingerprint density at radius 1 is 0.344 bits per heavy atom. The van der Waals surface area contributed by atoms with Crippen molar-refractivity contribution in [2.24, 2.45) is 0 Å². The van der Waals surface area contributed by atoms with Crippen molar-refractivity contribution in [2.45, 2.75) is 258 Å². The first-order valence-electron chi connectivity index (χ1n) is 25.9. The van der Waals surface area contributed by atoms with E-state index >= 15 is 0 Å². The lowest BCUT2D eigenvalue weighted by Gasteiger charge is -2.18. The van der Waals surface area contributed by atoms with Gasteiger partial charge >= 0.3 is 17.9 Å². The van der Waals surface area contributed by atoms with Crippen molar-refractivity contribution < 1.29 is 28.6 Å². The quantitative estimate of drug-likeness (QED) is 0.0263. The molecule has 1 unspecified atom stereocenters. The largest absolute Gasteiger partial charge is 0.462 e. The number of hydrogen-bond acceptors (Lipinski definition) is 6. The number of carbonyl (C=O) groups is 3. The highest BCUT2D eigenvalue weighted by Gasteiger charge is 2.19. The van der Waals surface area contributed by atoms with E-state index in [1.54, 1.807) is 0 Å². The zero-order chi connectivity index (χ0) is 44.4. The van der Waals surface area contributed by atoms with Gasteiger partial charge in [-0.25, -0.2) is 0 Å². The highest BCUT2D eigenvalue weighted by atomic mass is 16.6. The third kappa shape index (κ3) is 48.0. The summed E-state index contributed by atoms with van der Waals surface area (Å²) in [6.07, 6.45) is 60.7. The Kier molecular flexibility index (Phi) is 47.4. The smallest absolute Gasteiger partial charge is 0.306 e. The Morgan fingerprint density at radius 3 is 1.00 bits per heavy atom. The lowest BCUT2D eigenvalue weighted by Crippen LogP contribution is -2.30. The van der Waals surface area contributed by atoms with Crippen LogP contribution < -0.4 is 0 Å². The van der Waals surface area contributed by atoms with Crippen molar-refractivity contribution in [3.63, 3.8) is 0 Å². The van der Waals surface area contributed by atoms with Crippen LogP contribution >= 0.6 is 0 Å². The van der Waals surface area contributed by atoms with E-state index in [1.807, 2.05) is 54.7 Å². The molecule has 0 spiro atoms. The van der Waals surface area contributed by atoms with Gasteiger partial charge in [0.15, 0.2) is 6.10 Å². The molecule has 0 aromatic heterocycles. The number of unbranched alkanes of at least 4 members (excludes halogenated alkanes) is 29. The number of esters is 3. The first kappa shape index (κ1) is 58.1. The zero-order valence-corrected chi connectivity index (χ0v) is 40.2. The second-order valence-corrected chi connectivity index (χ2v) is 17.2. The minimum absolute atomic E-state index is 0.0931. The molecule has 0 rings (SSSR count). The molecule has 0 aliphatic heterocycles. The SMILES string of the molecule is CC/C=C/C=C/C=C/C=C/C=C/CCCC(=O)OCC(COC(=O)CCCCCCCCCCCCCCCCCC)OC(=O)CCCCCCCCCCCCCCCC. The molecule has 6 nitrogen and oxygen atoms in total. The first-order valence-corrected chi connectivity index (χ1v) is 25.9. The lowest BCUT2D eigenvalue weighted by molar-refractivity contribution is -0.167. The predicted molar refractivity (Wildman–Crippen MR) is 261 cm³/mol. The van der Waals surface area contributed by atoms with Gasteiger partial charge < -0.3 is 14.2 Å². The molecule has 0 amide bonds. The fourth-order valence-electron chi connectivity index (χ4n) is 7.30. The first-order chi connectivity index (χ1) is 30.0. The van der Waals surface area contributed by atoms with Gasteiger partial charge in [-0.3, -0.25) is 14.4 Å². The summed E-state index contributed by atoms with van der Waals surface area (Å²) in [5.74, 6) is -0.962. The van der Waals surface area contributed by atoms with Crippen LogP contribution in [0.2, 0.25) is 0 Å². The van der Waals surface area contributed by atoms with Gasteiger partial charge in [-0.1, -0.05) is 261 Å². The van der Waals surface area contributed by atoms with Crippen LogP contribution in [0.3, 0.4) is 0 Å². The molecular formula is C55H96O6. The molecule has 0 N–H and O–H groups in total. The second kappa shape index (κ2) is 49.8. The Balaban J connectivity index is 4.43. The molecule has 0 saturated carbocycles. The fraction of sp³-hybridized carbons (Fsp3) is 0.764. The van der Waals surface area contributed by atoms with Crippen molar-refractivity contribution in [1.29, 1.82) is 0 Å². The molecule has 352 valence electrons. The molecule has 6 heteroatoms. The van der Waals surface area contributed by atoms with Crippen LogP contribution in [0.15, 0.2) is 60.8 Å². The predicted octanol–water partition coefficient (Wildman–Crippen LogP) is 16.9. The van der Waals surface area contributed by atoms with Crippen LogP contribution in [0.25, 0.3) is 0 Å². The van der Waals surface area contributed by atoms with E-state index in [4.69, 9.17) is 14.2 Å². The van der Waals surface area contributed by atoms with E-state index in [0.29, 0.717) is 19.3 Å². The van der Waals surface area contributed by atoms with Gasteiger partial charge in [0.05, 0.1) is 0 Å². The monoisotopic (exact) mass is 853 g/mol. The maximum absolute atomic E-state index is 12.8. The van der Waals surface area contributed by atoms with Crippen LogP contribution in [-0.2, 0) is 28.6 Å². The highest BCUT2D eigenvalue weighted by Crippen LogP contribution is 2.16. The van der Waals surface area contributed by atoms with Crippen LogP contribution in [0, 0.1) is 0 Å². The zero-order valence-electron chi connectivity index (χ0n) is 40.2. The summed E-state index contributed by atoms with van der Waals surface area (Å²) in [5.41, 5.74) is 0. The summed E-state index contributed by atoms with van der Waals surface area (Å²) in [6, 6.07) is 0. The molecule has 0 aliphatic rings. The summed E-state index contributed by atoms with van der Waals surface area (Å²) in [7, 11) is 0. The lowest BCUT2D eigenvalue weighted by atomic mass is 10.0. The minimum atomic E-state index is -0.798. The summed E-state index contributed by atoms with van der Waals surface area (Å²) in [6.45, 7) is 6.45. The molecular weight excluding hydrogens is 757 g/mol. The standard InChI is InChI=1S/C55H96O6/c1-4-7-10-13-16-19-22-25-27-28-31-33-36-39-42-45-48-54(57)60-51-52(50-59-53(56)47-44-41-38-35-32-29-24-21-18-15-12-9-6-3)61-55(58)49-46-43-40-37-34-30-26-23-20-17-14-11-8-5-2/h9,12,15,18,21,24,29,32,35,38,52H,4-8,10-11,13-14,16-17,19-20,22-23,25-28,30-31,33-34,36-37,39-51H2,1-3H3/b12-9+,18-15+,24-21+,32-29+,38-35+. The van der Waals surface area contributed by atoms with E-state index in [1.165, 1.54) is 154 Å². The summed E-state index contributed by atoms with van der Waals surface area (Å²) in [5, 5.41) is 0. The Labute approximate surface area is 377 Å². The van der Waals surface area contributed by atoms with Gasteiger partial charge in [0.1, 0.15) is 13.2 Å². The van der Waals surface area contributed by atoms with E-state index in [9.17, 15) is 14.4 Å². The molecule has 0 radical (unpaired) electrons. The number of hydrogen-bond donors (Lipinski definition) is 0. The van der Waals surface area contributed by atoms with Gasteiger partial charge in [-0.2, -0.15) is 0 Å². The molecule has 0 aromatic rings. The van der Waals surface area contributed by atoms with E-state index < -0.39 is 6.10 Å². The topological polar surface area (TPSA) is 78.9 Å². The maximum atomic E-state index is 12.8. The van der Waals surface area contributed by atoms with E-state index in [0.717, 1.165) is 51.4 Å². The minimum Gasteiger partial charge on any atom is -0.462 e. The number of rotatable bonds is 46. The molecule has 0 heterocycles. The molecule has 0 fully saturated rings. The molecule has 0 bridgehead atoms. The van der Waals surface area contributed by atoms with Crippen molar-refractivity contribution in [3.8, 4) is 0 Å². The third-order valence-corrected chi connectivity index (χ3v) is 11.2. The molecule has 0 saturated heterocycles. The van der Waals surface area contributed by atoms with Crippen LogP contribution in [-0.4, -0.2) is 37.2 Å². The Hall–Kier alpha value is -2.89. The van der Waals surface area contributed by atoms with Gasteiger partial charge in [0, 0.05) is 19.3 Å². The third-order valence-electron chi connectivity index (χ3n) is 11.2. The van der Waals surface area contributed by atoms with Crippen molar-refractivity contribution >= 4 is 17.9 Å². The van der Waals surface area contributed by atoms with Crippen LogP contribution in [0.4, 0.5) is 0 Å². The van der Waals surface area contributed by atoms with Crippen LogP contribution in [0.5, 0.6) is 0 Å². The van der Waals surface area contributed by atoms with Gasteiger partial charge in [-0.05, 0) is 32.1 Å². The summed E-state index contributed by atoms with van der Waals surface area (Å²) < 4.78 is 16.7. The van der Waals surface area contributed by atoms with Crippen molar-refractivity contribution in [2.75, 3.05) is 13.2 Å². The Morgan fingerprint density at radius 2 is 0.639 bits per heavy atom. The number of ether oxygens (including phenoxy) is 3. The maximum Gasteiger partial charge on any atom is 0.306 e. The molecule has 1 atom stereocenters. The van der Waals surface area contributed by atoms with Crippen molar-refractivity contribution in [3.05, 3.63) is 60.8 Å². The molecule has 0 aromatic carbocycles. The van der Waals surface area contributed by atoms with Crippen molar-refractivity contribution in [1.82, 2.24) is 0 Å². The summed E-state index contributed by atoms with van der Waals surface area (Å²) in [4.78, 5) is 37.9. The normalized spacial score (nSPS) is 12.5. The average Bonchev–Trinajstić information content (AvgIpc) is 3.26. The fourth-order valence-corrected chi connectivity index (χ4v) is 7.30. The number of carbonyl (C=O) groups excluding carboxylic acids is 3. The Bertz CT molecular complexity index is 1120. The van der Waals surface area contributed by atoms with Gasteiger partial charge in [0.25, 0.3) is 0 Å².